The molecule has 1 unspecified atom stereocenters. The number of nitrogens with two attached hydrogens (primary N) is 2. The Bertz CT molecular complexity index is 326. The molecule has 0 fully saturated rings. The number of hydrogen-bond donors (Lipinski definition) is 2. The SMILES string of the molecule is [N-]=[N+]=NCC(N)Cc1ccc(N)cc1. The molecule has 0 spiro atoms. The normalized spacial score (nSPS) is 11.8. The molecule has 14 heavy (non-hydrogen) atoms. The Morgan fingerprint density at radius 2 is 2.00 bits per heavy atom. The smallest absolute Gasteiger partial charge is 0.0413 e. The third kappa shape index (κ3) is 3.35. The van der Waals surface area contributed by atoms with Crippen LogP contribution >= 0.6 is 0 Å². The average molecular weight is 191 g/mol. The van der Waals surface area contributed by atoms with Gasteiger partial charge in [0.2, 0.25) is 0 Å². The molecule has 0 aliphatic carbocycles. The number of azide groups is 1. The predicted octanol–water partition coefficient (Wildman–Crippen LogP) is 1.45. The molecule has 4 N–H and O–H groups in total. The molecule has 1 rings (SSSR count). The van der Waals surface area contributed by atoms with Crippen LogP contribution < -0.4 is 11.5 Å². The Balaban J connectivity index is 2.51. The molecule has 1 atom stereocenters. The summed E-state index contributed by atoms with van der Waals surface area (Å²) < 4.78 is 0. The first-order chi connectivity index (χ1) is 6.72. The van der Waals surface area contributed by atoms with Crippen LogP contribution in [-0.4, -0.2) is 12.6 Å². The Morgan fingerprint density at radius 1 is 1.36 bits per heavy atom. The second-order valence-corrected chi connectivity index (χ2v) is 3.12. The predicted molar refractivity (Wildman–Crippen MR) is 56.5 cm³/mol. The van der Waals surface area contributed by atoms with Crippen molar-refractivity contribution in [3.05, 3.63) is 40.3 Å². The van der Waals surface area contributed by atoms with Crippen molar-refractivity contribution in [3.8, 4) is 0 Å². The minimum Gasteiger partial charge on any atom is -0.399 e. The number of nitrogen functional groups attached to an aromatic ring is 1. The van der Waals surface area contributed by atoms with Crippen LogP contribution in [-0.2, 0) is 6.42 Å². The fourth-order valence-electron chi connectivity index (χ4n) is 1.16. The molecule has 0 aliphatic rings. The van der Waals surface area contributed by atoms with Gasteiger partial charge in [-0.1, -0.05) is 17.2 Å². The molecule has 74 valence electrons. The number of anilines is 1. The van der Waals surface area contributed by atoms with Crippen LogP contribution in [0, 0.1) is 0 Å². The van der Waals surface area contributed by atoms with Gasteiger partial charge in [0, 0.05) is 23.2 Å². The van der Waals surface area contributed by atoms with Crippen molar-refractivity contribution < 1.29 is 0 Å². The largest absolute Gasteiger partial charge is 0.399 e. The van der Waals surface area contributed by atoms with Gasteiger partial charge >= 0.3 is 0 Å². The highest BCUT2D eigenvalue weighted by molar-refractivity contribution is 5.39. The van der Waals surface area contributed by atoms with E-state index in [-0.39, 0.29) is 6.04 Å². The molecule has 0 heterocycles. The average Bonchev–Trinajstić information content (AvgIpc) is 2.18. The molecular formula is C9H13N5. The minimum absolute atomic E-state index is 0.130. The van der Waals surface area contributed by atoms with E-state index in [4.69, 9.17) is 17.0 Å². The molecule has 5 nitrogen and oxygen atoms in total. The van der Waals surface area contributed by atoms with Gasteiger partial charge in [-0.05, 0) is 29.6 Å². The van der Waals surface area contributed by atoms with E-state index < -0.39 is 0 Å². The molecule has 1 aromatic rings. The summed E-state index contributed by atoms with van der Waals surface area (Å²) in [6, 6.07) is 7.37. The fraction of sp³-hybridized carbons (Fsp3) is 0.333. The highest BCUT2D eigenvalue weighted by atomic mass is 15.1. The van der Waals surface area contributed by atoms with Crippen LogP contribution in [0.2, 0.25) is 0 Å². The second kappa shape index (κ2) is 5.11. The van der Waals surface area contributed by atoms with Gasteiger partial charge in [0.1, 0.15) is 0 Å². The molecule has 0 aromatic heterocycles. The topological polar surface area (TPSA) is 101 Å². The number of benzene rings is 1. The maximum Gasteiger partial charge on any atom is 0.0413 e. The first-order valence-electron chi connectivity index (χ1n) is 4.33. The van der Waals surface area contributed by atoms with E-state index in [1.54, 1.807) is 0 Å². The summed E-state index contributed by atoms with van der Waals surface area (Å²) in [5.74, 6) is 0. The van der Waals surface area contributed by atoms with E-state index in [0.29, 0.717) is 13.0 Å². The van der Waals surface area contributed by atoms with Crippen LogP contribution in [0.15, 0.2) is 29.4 Å². The van der Waals surface area contributed by atoms with Gasteiger partial charge in [-0.15, -0.1) is 0 Å². The number of nitrogens with zero attached hydrogens (tertiary/aromatic N) is 3. The lowest BCUT2D eigenvalue weighted by Gasteiger charge is -2.07. The molecule has 5 heteroatoms. The standard InChI is InChI=1S/C9H13N5/c10-8-3-1-7(2-4-8)5-9(11)6-13-14-12/h1-4,9H,5-6,10-11H2. The van der Waals surface area contributed by atoms with Crippen LogP contribution in [0.5, 0.6) is 0 Å². The zero-order valence-corrected chi connectivity index (χ0v) is 7.80. The number of rotatable bonds is 4. The zero-order valence-electron chi connectivity index (χ0n) is 7.80. The maximum absolute atomic E-state index is 8.10. The summed E-state index contributed by atoms with van der Waals surface area (Å²) in [6.45, 7) is 0.320. The van der Waals surface area contributed by atoms with Crippen molar-refractivity contribution in [2.24, 2.45) is 10.8 Å². The first-order valence-corrected chi connectivity index (χ1v) is 4.33. The van der Waals surface area contributed by atoms with Gasteiger partial charge in [0.05, 0.1) is 0 Å². The molecule has 0 bridgehead atoms. The molecule has 1 aromatic carbocycles. The van der Waals surface area contributed by atoms with Crippen molar-refractivity contribution in [1.82, 2.24) is 0 Å². The third-order valence-electron chi connectivity index (χ3n) is 1.86. The molecule has 0 aliphatic heterocycles. The first kappa shape index (κ1) is 10.4. The minimum atomic E-state index is -0.130. The van der Waals surface area contributed by atoms with Crippen molar-refractivity contribution in [2.75, 3.05) is 12.3 Å². The Morgan fingerprint density at radius 3 is 2.57 bits per heavy atom. The van der Waals surface area contributed by atoms with Crippen molar-refractivity contribution in [2.45, 2.75) is 12.5 Å². The lowest BCUT2D eigenvalue weighted by atomic mass is 10.1. The van der Waals surface area contributed by atoms with E-state index in [9.17, 15) is 0 Å². The van der Waals surface area contributed by atoms with Crippen molar-refractivity contribution in [3.63, 3.8) is 0 Å². The molecule has 0 amide bonds. The summed E-state index contributed by atoms with van der Waals surface area (Å²) in [4.78, 5) is 2.66. The van der Waals surface area contributed by atoms with Gasteiger partial charge in [-0.3, -0.25) is 0 Å². The Hall–Kier alpha value is -1.71. The summed E-state index contributed by atoms with van der Waals surface area (Å²) >= 11 is 0. The van der Waals surface area contributed by atoms with Crippen LogP contribution in [0.1, 0.15) is 5.56 Å². The van der Waals surface area contributed by atoms with Crippen LogP contribution in [0.25, 0.3) is 10.4 Å². The highest BCUT2D eigenvalue weighted by Crippen LogP contribution is 2.07. The quantitative estimate of drug-likeness (QED) is 0.325. The summed E-state index contributed by atoms with van der Waals surface area (Å²) in [6.07, 6.45) is 0.694. The maximum atomic E-state index is 8.10. The van der Waals surface area contributed by atoms with E-state index in [0.717, 1.165) is 11.3 Å². The Kier molecular flexibility index (Phi) is 3.79. The van der Waals surface area contributed by atoms with Gasteiger partial charge in [-0.25, -0.2) is 0 Å². The lowest BCUT2D eigenvalue weighted by Crippen LogP contribution is -2.25. The van der Waals surface area contributed by atoms with E-state index >= 15 is 0 Å². The molecule has 0 saturated carbocycles. The zero-order chi connectivity index (χ0) is 10.4. The van der Waals surface area contributed by atoms with Crippen molar-refractivity contribution in [1.29, 1.82) is 0 Å². The van der Waals surface area contributed by atoms with Gasteiger partial charge < -0.3 is 11.5 Å². The highest BCUT2D eigenvalue weighted by Gasteiger charge is 2.01. The van der Waals surface area contributed by atoms with Gasteiger partial charge in [0.15, 0.2) is 0 Å². The van der Waals surface area contributed by atoms with Crippen LogP contribution in [0.3, 0.4) is 0 Å². The van der Waals surface area contributed by atoms with Gasteiger partial charge in [0.25, 0.3) is 0 Å². The fourth-order valence-corrected chi connectivity index (χ4v) is 1.16. The number of hydrogen-bond acceptors (Lipinski definition) is 3. The second-order valence-electron chi connectivity index (χ2n) is 3.12. The summed E-state index contributed by atoms with van der Waals surface area (Å²) in [5.41, 5.74) is 21.2. The van der Waals surface area contributed by atoms with Crippen molar-refractivity contribution >= 4 is 5.69 Å². The summed E-state index contributed by atoms with van der Waals surface area (Å²) in [7, 11) is 0. The molecule has 0 radical (unpaired) electrons. The lowest BCUT2D eigenvalue weighted by molar-refractivity contribution is 0.676. The Labute approximate surface area is 82.3 Å². The third-order valence-corrected chi connectivity index (χ3v) is 1.86. The van der Waals surface area contributed by atoms with E-state index in [1.807, 2.05) is 24.3 Å². The molecule has 0 saturated heterocycles. The van der Waals surface area contributed by atoms with Crippen LogP contribution in [0.4, 0.5) is 5.69 Å². The van der Waals surface area contributed by atoms with Gasteiger partial charge in [-0.2, -0.15) is 0 Å². The molecular weight excluding hydrogens is 178 g/mol. The monoisotopic (exact) mass is 191 g/mol. The van der Waals surface area contributed by atoms with E-state index in [2.05, 4.69) is 10.0 Å². The van der Waals surface area contributed by atoms with E-state index in [1.165, 1.54) is 0 Å². The summed E-state index contributed by atoms with van der Waals surface area (Å²) in [5, 5.41) is 3.42.